The maximum absolute atomic E-state index is 11.9. The van der Waals surface area contributed by atoms with Crippen LogP contribution in [0.4, 0.5) is 5.82 Å². The van der Waals surface area contributed by atoms with Gasteiger partial charge < -0.3 is 10.2 Å². The van der Waals surface area contributed by atoms with Crippen LogP contribution < -0.4 is 5.32 Å². The monoisotopic (exact) mass is 402 g/mol. The number of carbonyl (C=O) groups excluding carboxylic acids is 1. The van der Waals surface area contributed by atoms with Crippen LogP contribution in [0, 0.1) is 0 Å². The summed E-state index contributed by atoms with van der Waals surface area (Å²) in [4.78, 5) is 23.5. The van der Waals surface area contributed by atoms with Crippen LogP contribution in [0.25, 0.3) is 5.69 Å². The van der Waals surface area contributed by atoms with Gasteiger partial charge in [-0.2, -0.15) is 5.10 Å². The molecule has 9 heteroatoms. The normalized spacial score (nSPS) is 15.6. The van der Waals surface area contributed by atoms with Gasteiger partial charge in [-0.05, 0) is 37.6 Å². The minimum absolute atomic E-state index is 0.00213. The first-order valence-corrected chi connectivity index (χ1v) is 10.2. The fourth-order valence-electron chi connectivity index (χ4n) is 3.04. The zero-order valence-electron chi connectivity index (χ0n) is 14.9. The van der Waals surface area contributed by atoms with Crippen molar-refractivity contribution in [3.63, 3.8) is 0 Å². The van der Waals surface area contributed by atoms with Crippen LogP contribution in [0.15, 0.2) is 40.4 Å². The lowest BCUT2D eigenvalue weighted by Gasteiger charge is -2.32. The van der Waals surface area contributed by atoms with E-state index in [2.05, 4.69) is 15.3 Å². The molecule has 4 rings (SSSR count). The second-order valence-electron chi connectivity index (χ2n) is 6.12. The summed E-state index contributed by atoms with van der Waals surface area (Å²) < 4.78 is 1.78. The van der Waals surface area contributed by atoms with Gasteiger partial charge in [0.1, 0.15) is 5.84 Å². The van der Waals surface area contributed by atoms with E-state index in [1.54, 1.807) is 10.9 Å². The molecule has 0 radical (unpaired) electrons. The van der Waals surface area contributed by atoms with Crippen molar-refractivity contribution in [3.05, 3.63) is 41.0 Å². The van der Waals surface area contributed by atoms with E-state index in [0.29, 0.717) is 17.3 Å². The molecule has 7 nitrogen and oxygen atoms in total. The number of fused-ring (bicyclic) bond motifs is 3. The number of amidine groups is 2. The summed E-state index contributed by atoms with van der Waals surface area (Å²) in [7, 11) is 0. The first kappa shape index (κ1) is 18.1. The molecule has 27 heavy (non-hydrogen) atoms. The van der Waals surface area contributed by atoms with Crippen molar-refractivity contribution < 1.29 is 4.79 Å². The zero-order valence-corrected chi connectivity index (χ0v) is 16.4. The molecule has 0 bridgehead atoms. The Morgan fingerprint density at radius 1 is 1.33 bits per heavy atom. The Balaban J connectivity index is 1.71. The average Bonchev–Trinajstić information content (AvgIpc) is 3.11. The van der Waals surface area contributed by atoms with Crippen molar-refractivity contribution in [2.75, 3.05) is 25.4 Å². The summed E-state index contributed by atoms with van der Waals surface area (Å²) in [5, 5.41) is 8.79. The number of hydrogen-bond donors (Lipinski definition) is 1. The van der Waals surface area contributed by atoms with Crippen molar-refractivity contribution >= 4 is 46.1 Å². The Bertz CT molecular complexity index is 920. The molecule has 0 unspecified atom stereocenters. The molecule has 0 spiro atoms. The summed E-state index contributed by atoms with van der Waals surface area (Å²) in [6.07, 6.45) is 2.76. The molecule has 2 aliphatic rings. The van der Waals surface area contributed by atoms with Crippen LogP contribution >= 0.6 is 23.4 Å². The van der Waals surface area contributed by atoms with Gasteiger partial charge in [-0.15, -0.1) is 0 Å². The fraction of sp³-hybridized carbons (Fsp3) is 0.333. The summed E-state index contributed by atoms with van der Waals surface area (Å²) >= 11 is 7.43. The molecule has 1 amide bonds. The van der Waals surface area contributed by atoms with Crippen LogP contribution in [-0.4, -0.2) is 57.0 Å². The summed E-state index contributed by atoms with van der Waals surface area (Å²) in [6.45, 7) is 4.15. The number of amides is 1. The lowest BCUT2D eigenvalue weighted by Crippen LogP contribution is -2.42. The number of nitrogens with one attached hydrogen (secondary N) is 1. The maximum atomic E-state index is 11.9. The number of thioether (sulfide) groups is 1. The number of carbonyl (C=O) groups is 1. The zero-order chi connectivity index (χ0) is 18.8. The van der Waals surface area contributed by atoms with Gasteiger partial charge in [-0.3, -0.25) is 9.79 Å². The molecular weight excluding hydrogens is 384 g/mol. The van der Waals surface area contributed by atoms with Crippen LogP contribution in [0.1, 0.15) is 18.9 Å². The molecule has 140 valence electrons. The number of rotatable bonds is 4. The quantitative estimate of drug-likeness (QED) is 0.853. The van der Waals surface area contributed by atoms with Gasteiger partial charge in [0.2, 0.25) is 5.91 Å². The topological polar surface area (TPSA) is 74.9 Å². The van der Waals surface area contributed by atoms with Crippen LogP contribution in [0.2, 0.25) is 5.02 Å². The highest BCUT2D eigenvalue weighted by molar-refractivity contribution is 8.14. The SMILES string of the molecule is CCNC(=O)CSC1=Nc2c(cnn2-c2ccc(Cl)cc2)C2=NCCCN12. The Kier molecular flexibility index (Phi) is 5.18. The van der Waals surface area contributed by atoms with E-state index in [9.17, 15) is 4.79 Å². The molecule has 2 aliphatic heterocycles. The van der Waals surface area contributed by atoms with E-state index in [1.807, 2.05) is 31.2 Å². The average molecular weight is 403 g/mol. The van der Waals surface area contributed by atoms with E-state index in [-0.39, 0.29) is 5.91 Å². The van der Waals surface area contributed by atoms with Crippen molar-refractivity contribution in [1.29, 1.82) is 0 Å². The number of halogens is 1. The third kappa shape index (κ3) is 3.59. The molecule has 0 fully saturated rings. The van der Waals surface area contributed by atoms with Crippen molar-refractivity contribution in [3.8, 4) is 5.69 Å². The summed E-state index contributed by atoms with van der Waals surface area (Å²) in [5.74, 6) is 1.93. The maximum Gasteiger partial charge on any atom is 0.230 e. The highest BCUT2D eigenvalue weighted by Crippen LogP contribution is 2.33. The Morgan fingerprint density at radius 3 is 2.93 bits per heavy atom. The largest absolute Gasteiger partial charge is 0.356 e. The van der Waals surface area contributed by atoms with Gasteiger partial charge in [-0.1, -0.05) is 23.4 Å². The van der Waals surface area contributed by atoms with Gasteiger partial charge in [0.25, 0.3) is 0 Å². The molecular formula is C18H19ClN6OS. The highest BCUT2D eigenvalue weighted by atomic mass is 35.5. The van der Waals surface area contributed by atoms with E-state index in [4.69, 9.17) is 21.6 Å². The van der Waals surface area contributed by atoms with Crippen molar-refractivity contribution in [2.24, 2.45) is 9.98 Å². The lowest BCUT2D eigenvalue weighted by atomic mass is 10.2. The van der Waals surface area contributed by atoms with Gasteiger partial charge in [0, 0.05) is 24.7 Å². The first-order valence-electron chi connectivity index (χ1n) is 8.82. The summed E-state index contributed by atoms with van der Waals surface area (Å²) in [6, 6.07) is 7.46. The van der Waals surface area contributed by atoms with E-state index >= 15 is 0 Å². The number of aromatic nitrogens is 2. The fourth-order valence-corrected chi connectivity index (χ4v) is 4.01. The summed E-state index contributed by atoms with van der Waals surface area (Å²) in [5.41, 5.74) is 1.79. The smallest absolute Gasteiger partial charge is 0.230 e. The molecule has 0 aliphatic carbocycles. The number of aliphatic imine (C=N–C) groups is 2. The predicted octanol–water partition coefficient (Wildman–Crippen LogP) is 2.85. The first-order chi connectivity index (χ1) is 13.2. The standard InChI is InChI=1S/C18H19ClN6OS/c1-2-20-15(26)11-27-18-23-17-14(16-21-8-3-9-24(16)18)10-22-25(17)13-6-4-12(19)5-7-13/h4-7,10H,2-3,8-9,11H2,1H3,(H,20,26). The van der Waals surface area contributed by atoms with Crippen LogP contribution in [0.3, 0.4) is 0 Å². The molecule has 0 atom stereocenters. The molecule has 1 N–H and O–H groups in total. The predicted molar refractivity (Wildman–Crippen MR) is 110 cm³/mol. The van der Waals surface area contributed by atoms with E-state index in [0.717, 1.165) is 47.6 Å². The van der Waals surface area contributed by atoms with Crippen molar-refractivity contribution in [1.82, 2.24) is 20.0 Å². The number of nitrogens with zero attached hydrogens (tertiary/aromatic N) is 5. The lowest BCUT2D eigenvalue weighted by molar-refractivity contribution is -0.118. The second-order valence-corrected chi connectivity index (χ2v) is 7.50. The van der Waals surface area contributed by atoms with E-state index in [1.165, 1.54) is 11.8 Å². The third-order valence-corrected chi connectivity index (χ3v) is 5.48. The number of benzene rings is 1. The highest BCUT2D eigenvalue weighted by Gasteiger charge is 2.31. The molecule has 1 aromatic carbocycles. The Labute approximate surface area is 166 Å². The minimum atomic E-state index is -0.00213. The Hall–Kier alpha value is -2.32. The Morgan fingerprint density at radius 2 is 2.15 bits per heavy atom. The number of hydrogen-bond acceptors (Lipinski definition) is 6. The molecule has 2 aromatic rings. The van der Waals surface area contributed by atoms with Crippen LogP contribution in [-0.2, 0) is 4.79 Å². The minimum Gasteiger partial charge on any atom is -0.356 e. The molecule has 1 aromatic heterocycles. The molecule has 3 heterocycles. The molecule has 0 saturated carbocycles. The second kappa shape index (κ2) is 7.74. The van der Waals surface area contributed by atoms with Gasteiger partial charge >= 0.3 is 0 Å². The molecule has 0 saturated heterocycles. The van der Waals surface area contributed by atoms with Gasteiger partial charge in [0.15, 0.2) is 11.0 Å². The van der Waals surface area contributed by atoms with Crippen LogP contribution in [0.5, 0.6) is 0 Å². The van der Waals surface area contributed by atoms with Gasteiger partial charge in [-0.25, -0.2) is 9.67 Å². The van der Waals surface area contributed by atoms with Crippen molar-refractivity contribution in [2.45, 2.75) is 13.3 Å². The third-order valence-electron chi connectivity index (χ3n) is 4.25. The van der Waals surface area contributed by atoms with Gasteiger partial charge in [0.05, 0.1) is 23.2 Å². The van der Waals surface area contributed by atoms with E-state index < -0.39 is 0 Å².